The number of hydrogen-bond donors (Lipinski definition) is 1. The van der Waals surface area contributed by atoms with Crippen molar-refractivity contribution < 1.29 is 24.2 Å². The monoisotopic (exact) mass is 554 g/mol. The second-order valence-corrected chi connectivity index (χ2v) is 10.2. The molecule has 1 amide bonds. The molecule has 0 saturated carbocycles. The minimum Gasteiger partial charge on any atom is -0.507 e. The molecule has 1 saturated heterocycles. The molecule has 1 aliphatic heterocycles. The Morgan fingerprint density at radius 1 is 1.03 bits per heavy atom. The molecular weight excluding hydrogens is 535 g/mol. The van der Waals surface area contributed by atoms with Crippen LogP contribution in [0.5, 0.6) is 11.5 Å². The molecule has 4 aromatic rings. The molecule has 1 N–H and O–H groups in total. The average molecular weight is 555 g/mol. The Kier molecular flexibility index (Phi) is 6.58. The first-order valence-electron chi connectivity index (χ1n) is 11.1. The van der Waals surface area contributed by atoms with Crippen LogP contribution in [0.3, 0.4) is 0 Å². The fourth-order valence-corrected chi connectivity index (χ4v) is 6.02. The quantitative estimate of drug-likeness (QED) is 0.171. The average Bonchev–Trinajstić information content (AvgIpc) is 3.41. The van der Waals surface area contributed by atoms with Gasteiger partial charge in [0.25, 0.3) is 5.78 Å². The van der Waals surface area contributed by atoms with Crippen LogP contribution in [0.4, 0.5) is 5.13 Å². The van der Waals surface area contributed by atoms with Crippen LogP contribution in [0.2, 0.25) is 10.0 Å². The number of aliphatic hydroxyl groups is 1. The third-order valence-corrected chi connectivity index (χ3v) is 7.65. The molecule has 0 aliphatic carbocycles. The molecule has 1 unspecified atom stereocenters. The van der Waals surface area contributed by atoms with Gasteiger partial charge in [0, 0.05) is 5.56 Å². The van der Waals surface area contributed by atoms with Crippen LogP contribution >= 0.6 is 34.5 Å². The van der Waals surface area contributed by atoms with Crippen LogP contribution in [0.15, 0.2) is 60.2 Å². The molecule has 1 atom stereocenters. The van der Waals surface area contributed by atoms with Gasteiger partial charge >= 0.3 is 5.91 Å². The maximum atomic E-state index is 13.5. The van der Waals surface area contributed by atoms with Gasteiger partial charge in [-0.15, -0.1) is 0 Å². The highest BCUT2D eigenvalue weighted by atomic mass is 35.5. The lowest BCUT2D eigenvalue weighted by atomic mass is 9.94. The van der Waals surface area contributed by atoms with Crippen molar-refractivity contribution in [2.24, 2.45) is 0 Å². The lowest BCUT2D eigenvalue weighted by Gasteiger charge is -2.23. The van der Waals surface area contributed by atoms with E-state index in [0.717, 1.165) is 10.3 Å². The number of aromatic nitrogens is 1. The van der Waals surface area contributed by atoms with Crippen molar-refractivity contribution in [1.29, 1.82) is 0 Å². The first-order valence-corrected chi connectivity index (χ1v) is 12.7. The Hall–Kier alpha value is -3.59. The molecule has 188 valence electrons. The first-order chi connectivity index (χ1) is 17.7. The maximum Gasteiger partial charge on any atom is 0.301 e. The topological polar surface area (TPSA) is 89.0 Å². The van der Waals surface area contributed by atoms with Gasteiger partial charge in [0.2, 0.25) is 0 Å². The number of ketones is 1. The van der Waals surface area contributed by atoms with Gasteiger partial charge in [-0.05, 0) is 42.8 Å². The molecule has 0 spiro atoms. The molecule has 0 radical (unpaired) electrons. The number of aryl methyl sites for hydroxylation is 1. The van der Waals surface area contributed by atoms with E-state index in [1.54, 1.807) is 25.3 Å². The molecule has 5 rings (SSSR count). The smallest absolute Gasteiger partial charge is 0.301 e. The normalized spacial score (nSPS) is 17.0. The summed E-state index contributed by atoms with van der Waals surface area (Å²) >= 11 is 13.8. The van der Waals surface area contributed by atoms with E-state index in [1.165, 1.54) is 35.5 Å². The Morgan fingerprint density at radius 3 is 2.41 bits per heavy atom. The fourth-order valence-electron chi connectivity index (χ4n) is 4.36. The minimum absolute atomic E-state index is 0.0928. The van der Waals surface area contributed by atoms with Crippen molar-refractivity contribution in [3.8, 4) is 11.5 Å². The molecule has 2 heterocycles. The Bertz CT molecular complexity index is 1590. The zero-order chi connectivity index (χ0) is 26.4. The molecular formula is C27H20Cl2N2O5S. The van der Waals surface area contributed by atoms with E-state index in [9.17, 15) is 14.7 Å². The van der Waals surface area contributed by atoms with Crippen molar-refractivity contribution in [3.63, 3.8) is 0 Å². The largest absolute Gasteiger partial charge is 0.507 e. The number of amides is 1. The molecule has 1 fully saturated rings. The predicted molar refractivity (Wildman–Crippen MR) is 145 cm³/mol. The number of aliphatic hydroxyl groups excluding tert-OH is 1. The van der Waals surface area contributed by atoms with Gasteiger partial charge in [-0.2, -0.15) is 0 Å². The van der Waals surface area contributed by atoms with Gasteiger partial charge in [-0.3, -0.25) is 14.5 Å². The standard InChI is InChI=1S/C27H20Cl2N2O5S/c1-13-5-4-6-14(9-13)22-21(23(32)15-10-17(28)25(36-3)18(29)11-15)24(33)26(34)31(22)27-30-19-8-7-16(35-2)12-20(19)37-27/h4-12,22,32H,1-3H3/b23-21+. The van der Waals surface area contributed by atoms with E-state index in [1.807, 2.05) is 31.2 Å². The maximum absolute atomic E-state index is 13.5. The van der Waals surface area contributed by atoms with Crippen LogP contribution in [0, 0.1) is 6.92 Å². The second-order valence-electron chi connectivity index (χ2n) is 8.39. The van der Waals surface area contributed by atoms with Gasteiger partial charge in [-0.1, -0.05) is 64.4 Å². The first kappa shape index (κ1) is 25.1. The number of carbonyl (C=O) groups is 2. The van der Waals surface area contributed by atoms with E-state index >= 15 is 0 Å². The fraction of sp³-hybridized carbons (Fsp3) is 0.148. The van der Waals surface area contributed by atoms with Crippen molar-refractivity contribution >= 4 is 67.3 Å². The molecule has 1 aliphatic rings. The molecule has 0 bridgehead atoms. The number of Topliss-reactive ketones (excluding diaryl/α,β-unsaturated/α-hetero) is 1. The van der Waals surface area contributed by atoms with Gasteiger partial charge in [0.15, 0.2) is 10.9 Å². The summed E-state index contributed by atoms with van der Waals surface area (Å²) < 4.78 is 11.3. The lowest BCUT2D eigenvalue weighted by molar-refractivity contribution is -0.132. The molecule has 7 nitrogen and oxygen atoms in total. The van der Waals surface area contributed by atoms with Crippen molar-refractivity contribution in [3.05, 3.63) is 86.9 Å². The number of carbonyl (C=O) groups excluding carboxylic acids is 2. The minimum atomic E-state index is -0.929. The number of thiazole rings is 1. The van der Waals surface area contributed by atoms with Crippen molar-refractivity contribution in [2.75, 3.05) is 19.1 Å². The number of ether oxygens (including phenoxy) is 2. The Labute approximate surface area is 226 Å². The van der Waals surface area contributed by atoms with Crippen LogP contribution in [0.25, 0.3) is 16.0 Å². The number of fused-ring (bicyclic) bond motifs is 1. The van der Waals surface area contributed by atoms with Crippen LogP contribution in [-0.2, 0) is 9.59 Å². The molecule has 37 heavy (non-hydrogen) atoms. The Balaban J connectivity index is 1.73. The van der Waals surface area contributed by atoms with Gasteiger partial charge in [0.05, 0.1) is 46.1 Å². The summed E-state index contributed by atoms with van der Waals surface area (Å²) in [4.78, 5) is 32.8. The lowest BCUT2D eigenvalue weighted by Crippen LogP contribution is -2.29. The summed E-state index contributed by atoms with van der Waals surface area (Å²) in [6.07, 6.45) is 0. The SMILES string of the molecule is COc1ccc2nc(N3C(=O)C(=O)/C(=C(/O)c4cc(Cl)c(OC)c(Cl)c4)C3c3cccc(C)c3)sc2c1. The van der Waals surface area contributed by atoms with Crippen LogP contribution in [-0.4, -0.2) is 36.0 Å². The third kappa shape index (κ3) is 4.31. The van der Waals surface area contributed by atoms with Crippen LogP contribution in [0.1, 0.15) is 22.7 Å². The number of methoxy groups -OCH3 is 2. The van der Waals surface area contributed by atoms with E-state index in [4.69, 9.17) is 32.7 Å². The van der Waals surface area contributed by atoms with E-state index in [0.29, 0.717) is 22.0 Å². The molecule has 1 aromatic heterocycles. The van der Waals surface area contributed by atoms with Crippen molar-refractivity contribution in [1.82, 2.24) is 4.98 Å². The number of rotatable bonds is 5. The summed E-state index contributed by atoms with van der Waals surface area (Å²) in [6, 6.07) is 14.7. The highest BCUT2D eigenvalue weighted by molar-refractivity contribution is 7.22. The summed E-state index contributed by atoms with van der Waals surface area (Å²) in [5.41, 5.74) is 2.31. The number of hydrogen-bond acceptors (Lipinski definition) is 7. The number of anilines is 1. The third-order valence-electron chi connectivity index (χ3n) is 6.07. The number of halogens is 2. The number of benzene rings is 3. The summed E-state index contributed by atoms with van der Waals surface area (Å²) in [5, 5.41) is 12.0. The van der Waals surface area contributed by atoms with Gasteiger partial charge in [0.1, 0.15) is 11.5 Å². The number of nitrogens with zero attached hydrogens (tertiary/aromatic N) is 2. The zero-order valence-electron chi connectivity index (χ0n) is 19.9. The highest BCUT2D eigenvalue weighted by Crippen LogP contribution is 2.45. The zero-order valence-corrected chi connectivity index (χ0v) is 22.2. The van der Waals surface area contributed by atoms with Crippen LogP contribution < -0.4 is 14.4 Å². The van der Waals surface area contributed by atoms with Crippen molar-refractivity contribution in [2.45, 2.75) is 13.0 Å². The summed E-state index contributed by atoms with van der Waals surface area (Å²) in [7, 11) is 2.99. The second kappa shape index (κ2) is 9.70. The van der Waals surface area contributed by atoms with E-state index in [2.05, 4.69) is 4.98 Å². The van der Waals surface area contributed by atoms with E-state index in [-0.39, 0.29) is 26.9 Å². The van der Waals surface area contributed by atoms with E-state index < -0.39 is 23.5 Å². The summed E-state index contributed by atoms with van der Waals surface area (Å²) in [5.74, 6) is -1.16. The highest BCUT2D eigenvalue weighted by Gasteiger charge is 2.48. The molecule has 3 aromatic carbocycles. The predicted octanol–water partition coefficient (Wildman–Crippen LogP) is 6.56. The summed E-state index contributed by atoms with van der Waals surface area (Å²) in [6.45, 7) is 1.91. The van der Waals surface area contributed by atoms with Gasteiger partial charge in [-0.25, -0.2) is 4.98 Å². The Morgan fingerprint density at radius 2 is 1.76 bits per heavy atom. The van der Waals surface area contributed by atoms with Gasteiger partial charge < -0.3 is 14.6 Å². The molecule has 10 heteroatoms.